The molecule has 1 aromatic rings. The Bertz CT molecular complexity index is 547. The molecular formula is C14H20F3N3O3S. The van der Waals surface area contributed by atoms with Crippen LogP contribution in [0.15, 0.2) is 5.38 Å². The lowest BCUT2D eigenvalue weighted by atomic mass is 10.2. The third-order valence-corrected chi connectivity index (χ3v) is 3.51. The number of alkyl halides is 3. The topological polar surface area (TPSA) is 80.3 Å². The highest BCUT2D eigenvalue weighted by Gasteiger charge is 2.27. The van der Waals surface area contributed by atoms with E-state index < -0.39 is 12.8 Å². The van der Waals surface area contributed by atoms with Crippen molar-refractivity contribution < 1.29 is 27.5 Å². The lowest BCUT2D eigenvalue weighted by Gasteiger charge is -2.08. The quantitative estimate of drug-likeness (QED) is 0.657. The monoisotopic (exact) mass is 367 g/mol. The second kappa shape index (κ2) is 9.58. The van der Waals surface area contributed by atoms with E-state index in [2.05, 4.69) is 20.4 Å². The van der Waals surface area contributed by atoms with Crippen LogP contribution in [0.1, 0.15) is 26.0 Å². The Balaban J connectivity index is 2.21. The van der Waals surface area contributed by atoms with Crippen molar-refractivity contribution in [1.29, 1.82) is 0 Å². The second-order valence-corrected chi connectivity index (χ2v) is 6.19. The molecule has 0 bridgehead atoms. The van der Waals surface area contributed by atoms with E-state index in [1.807, 2.05) is 0 Å². The van der Waals surface area contributed by atoms with Crippen LogP contribution in [0.4, 0.5) is 18.3 Å². The van der Waals surface area contributed by atoms with Crippen molar-refractivity contribution in [3.8, 4) is 0 Å². The summed E-state index contributed by atoms with van der Waals surface area (Å²) in [5.74, 6) is -0.614. The van der Waals surface area contributed by atoms with Crippen LogP contribution in [0.5, 0.6) is 0 Å². The summed E-state index contributed by atoms with van der Waals surface area (Å²) in [6.07, 6.45) is -4.01. The van der Waals surface area contributed by atoms with Gasteiger partial charge in [0.1, 0.15) is 6.61 Å². The molecule has 0 saturated heterocycles. The van der Waals surface area contributed by atoms with Gasteiger partial charge < -0.3 is 15.4 Å². The highest BCUT2D eigenvalue weighted by Crippen LogP contribution is 2.16. The Morgan fingerprint density at radius 3 is 2.71 bits per heavy atom. The van der Waals surface area contributed by atoms with Crippen molar-refractivity contribution in [3.05, 3.63) is 11.1 Å². The first-order valence-corrected chi connectivity index (χ1v) is 8.22. The van der Waals surface area contributed by atoms with Crippen LogP contribution in [0, 0.1) is 5.92 Å². The number of carbonyl (C=O) groups is 2. The lowest BCUT2D eigenvalue weighted by Crippen LogP contribution is -2.27. The lowest BCUT2D eigenvalue weighted by molar-refractivity contribution is -0.174. The third kappa shape index (κ3) is 8.82. The average molecular weight is 367 g/mol. The zero-order valence-corrected chi connectivity index (χ0v) is 14.2. The van der Waals surface area contributed by atoms with Gasteiger partial charge in [-0.25, -0.2) is 4.98 Å². The summed E-state index contributed by atoms with van der Waals surface area (Å²) >= 11 is 1.22. The first-order valence-electron chi connectivity index (χ1n) is 7.34. The number of rotatable bonds is 9. The molecule has 0 radical (unpaired) electrons. The van der Waals surface area contributed by atoms with E-state index in [0.29, 0.717) is 10.8 Å². The van der Waals surface area contributed by atoms with Crippen LogP contribution >= 0.6 is 11.3 Å². The van der Waals surface area contributed by atoms with Crippen molar-refractivity contribution >= 4 is 28.3 Å². The van der Waals surface area contributed by atoms with E-state index in [4.69, 9.17) is 0 Å². The van der Waals surface area contributed by atoms with Crippen molar-refractivity contribution in [1.82, 2.24) is 10.3 Å². The van der Waals surface area contributed by atoms with Crippen LogP contribution in [-0.2, 0) is 20.7 Å². The summed E-state index contributed by atoms with van der Waals surface area (Å²) in [6, 6.07) is 0. The largest absolute Gasteiger partial charge is 0.411 e. The van der Waals surface area contributed by atoms with Crippen molar-refractivity contribution in [2.45, 2.75) is 32.9 Å². The SMILES string of the molecule is CC(C)C(=O)Nc1nc(CC(=O)NCCCOCC(F)(F)F)cs1. The maximum Gasteiger partial charge on any atom is 0.411 e. The predicted octanol–water partition coefficient (Wildman–Crippen LogP) is 2.37. The van der Waals surface area contributed by atoms with Gasteiger partial charge in [-0.3, -0.25) is 9.59 Å². The van der Waals surface area contributed by atoms with Gasteiger partial charge in [-0.1, -0.05) is 13.8 Å². The van der Waals surface area contributed by atoms with Crippen LogP contribution in [0.3, 0.4) is 0 Å². The summed E-state index contributed by atoms with van der Waals surface area (Å²) < 4.78 is 39.9. The second-order valence-electron chi connectivity index (χ2n) is 5.34. The van der Waals surface area contributed by atoms with Crippen LogP contribution < -0.4 is 10.6 Å². The molecule has 2 amide bonds. The number of aromatic nitrogens is 1. The first-order chi connectivity index (χ1) is 11.2. The van der Waals surface area contributed by atoms with Crippen LogP contribution in [-0.4, -0.2) is 42.7 Å². The number of hydrogen-bond donors (Lipinski definition) is 2. The Morgan fingerprint density at radius 1 is 1.38 bits per heavy atom. The molecule has 0 unspecified atom stereocenters. The maximum atomic E-state index is 11.8. The normalized spacial score (nSPS) is 11.6. The molecule has 0 spiro atoms. The minimum Gasteiger partial charge on any atom is -0.372 e. The number of anilines is 1. The predicted molar refractivity (Wildman–Crippen MR) is 83.8 cm³/mol. The molecule has 2 N–H and O–H groups in total. The fourth-order valence-electron chi connectivity index (χ4n) is 1.51. The smallest absolute Gasteiger partial charge is 0.372 e. The summed E-state index contributed by atoms with van der Waals surface area (Å²) in [5.41, 5.74) is 0.518. The van der Waals surface area contributed by atoms with Gasteiger partial charge in [0.05, 0.1) is 12.1 Å². The standard InChI is InChI=1S/C14H20F3N3O3S/c1-9(2)12(22)20-13-19-10(7-24-13)6-11(21)18-4-3-5-23-8-14(15,16)17/h7,9H,3-6,8H2,1-2H3,(H,18,21)(H,19,20,22). The Morgan fingerprint density at radius 2 is 2.08 bits per heavy atom. The van der Waals surface area contributed by atoms with Crippen molar-refractivity contribution in [2.75, 3.05) is 25.1 Å². The van der Waals surface area contributed by atoms with Gasteiger partial charge in [0.2, 0.25) is 11.8 Å². The average Bonchev–Trinajstić information content (AvgIpc) is 2.88. The summed E-state index contributed by atoms with van der Waals surface area (Å²) in [5, 5.41) is 7.31. The fourth-order valence-corrected chi connectivity index (χ4v) is 2.23. The Labute approximate surface area is 141 Å². The number of nitrogens with one attached hydrogen (secondary N) is 2. The molecule has 0 saturated carbocycles. The molecule has 1 aromatic heterocycles. The molecule has 136 valence electrons. The highest BCUT2D eigenvalue weighted by molar-refractivity contribution is 7.13. The molecule has 1 heterocycles. The molecule has 0 atom stereocenters. The molecule has 6 nitrogen and oxygen atoms in total. The van der Waals surface area contributed by atoms with Gasteiger partial charge >= 0.3 is 6.18 Å². The first kappa shape index (κ1) is 20.4. The molecule has 1 rings (SSSR count). The van der Waals surface area contributed by atoms with Crippen LogP contribution in [0.25, 0.3) is 0 Å². The van der Waals surface area contributed by atoms with E-state index in [1.54, 1.807) is 19.2 Å². The molecule has 10 heteroatoms. The molecule has 24 heavy (non-hydrogen) atoms. The number of amides is 2. The Kier molecular flexibility index (Phi) is 8.13. The minimum absolute atomic E-state index is 0.0391. The van der Waals surface area contributed by atoms with Gasteiger partial charge in [0.25, 0.3) is 0 Å². The van der Waals surface area contributed by atoms with Crippen molar-refractivity contribution in [3.63, 3.8) is 0 Å². The van der Waals surface area contributed by atoms with Crippen molar-refractivity contribution in [2.24, 2.45) is 5.92 Å². The molecule has 0 aromatic carbocycles. The summed E-state index contributed by atoms with van der Waals surface area (Å²) in [6.45, 7) is 2.37. The third-order valence-electron chi connectivity index (χ3n) is 2.70. The number of thiazole rings is 1. The maximum absolute atomic E-state index is 11.8. The molecular weight excluding hydrogens is 347 g/mol. The number of hydrogen-bond acceptors (Lipinski definition) is 5. The van der Waals surface area contributed by atoms with E-state index in [1.165, 1.54) is 11.3 Å². The van der Waals surface area contributed by atoms with Gasteiger partial charge in [-0.2, -0.15) is 13.2 Å². The molecule has 0 aliphatic heterocycles. The van der Waals surface area contributed by atoms with Gasteiger partial charge in [-0.15, -0.1) is 11.3 Å². The van der Waals surface area contributed by atoms with E-state index in [9.17, 15) is 22.8 Å². The fraction of sp³-hybridized carbons (Fsp3) is 0.643. The summed E-state index contributed by atoms with van der Waals surface area (Å²) in [7, 11) is 0. The highest BCUT2D eigenvalue weighted by atomic mass is 32.1. The number of carbonyl (C=O) groups excluding carboxylic acids is 2. The van der Waals surface area contributed by atoms with Gasteiger partial charge in [0, 0.05) is 24.4 Å². The van der Waals surface area contributed by atoms with E-state index in [-0.39, 0.29) is 43.7 Å². The summed E-state index contributed by atoms with van der Waals surface area (Å²) in [4.78, 5) is 27.4. The number of ether oxygens (including phenoxy) is 1. The van der Waals surface area contributed by atoms with E-state index in [0.717, 1.165) is 0 Å². The van der Waals surface area contributed by atoms with Crippen LogP contribution in [0.2, 0.25) is 0 Å². The molecule has 0 fully saturated rings. The van der Waals surface area contributed by atoms with Gasteiger partial charge in [0.15, 0.2) is 5.13 Å². The zero-order valence-electron chi connectivity index (χ0n) is 13.4. The van der Waals surface area contributed by atoms with Gasteiger partial charge in [-0.05, 0) is 6.42 Å². The minimum atomic E-state index is -4.34. The number of halogens is 3. The molecule has 0 aliphatic carbocycles. The van der Waals surface area contributed by atoms with E-state index >= 15 is 0 Å². The molecule has 0 aliphatic rings. The Hall–Kier alpha value is -1.68. The number of nitrogens with zero attached hydrogens (tertiary/aromatic N) is 1. The zero-order chi connectivity index (χ0) is 18.2.